The molecule has 0 saturated heterocycles. The highest BCUT2D eigenvalue weighted by atomic mass is 28.4. The lowest BCUT2D eigenvalue weighted by atomic mass is 10.2. The van der Waals surface area contributed by atoms with Gasteiger partial charge in [0, 0.05) is 12.8 Å². The highest BCUT2D eigenvalue weighted by molar-refractivity contribution is 6.69. The minimum Gasteiger partial charge on any atom is -0.481 e. The van der Waals surface area contributed by atoms with Gasteiger partial charge in [-0.15, -0.1) is 0 Å². The molecular weight excluding hydrogens is 560 g/mol. The van der Waals surface area contributed by atoms with E-state index in [2.05, 4.69) is 19.6 Å². The molecule has 0 radical (unpaired) electrons. The van der Waals surface area contributed by atoms with E-state index in [-0.39, 0.29) is 32.0 Å². The number of ether oxygens (including phenoxy) is 9. The number of rotatable bonds is 33. The van der Waals surface area contributed by atoms with Crippen LogP contribution in [0, 0.1) is 0 Å². The Kier molecular flexibility index (Phi) is 29.4. The largest absolute Gasteiger partial charge is 0.481 e. The zero-order chi connectivity index (χ0) is 30.3. The summed E-state index contributed by atoms with van der Waals surface area (Å²) in [5, 5.41) is 8.53. The van der Waals surface area contributed by atoms with E-state index in [1.165, 1.54) is 0 Å². The second-order valence-corrected chi connectivity index (χ2v) is 14.2. The molecule has 0 aromatic carbocycles. The Labute approximate surface area is 246 Å². The first-order valence-electron chi connectivity index (χ1n) is 14.4. The monoisotopic (exact) mass is 614 g/mol. The molecule has 0 heterocycles. The molecule has 0 aliphatic heterocycles. The first-order chi connectivity index (χ1) is 19.8. The summed E-state index contributed by atoms with van der Waals surface area (Å²) in [6.45, 7) is 15.0. The van der Waals surface area contributed by atoms with Gasteiger partial charge in [0.2, 0.25) is 0 Å². The second-order valence-electron chi connectivity index (χ2n) is 9.68. The number of unbranched alkanes of at least 4 members (excludes halogenated alkanes) is 1. The molecule has 14 heteroatoms. The highest BCUT2D eigenvalue weighted by Gasteiger charge is 2.13. The smallest absolute Gasteiger partial charge is 0.305 e. The molecule has 13 nitrogen and oxygen atoms in total. The summed E-state index contributed by atoms with van der Waals surface area (Å²) in [4.78, 5) is 21.8. The maximum atomic E-state index is 11.5. The number of carbonyl (C=O) groups excluding carboxylic acids is 1. The van der Waals surface area contributed by atoms with Gasteiger partial charge in [-0.05, 0) is 32.5 Å². The molecule has 0 bridgehead atoms. The van der Waals surface area contributed by atoms with Gasteiger partial charge in [-0.25, -0.2) is 0 Å². The molecular formula is C27H54O13Si. The summed E-state index contributed by atoms with van der Waals surface area (Å²) in [5.41, 5.74) is 0. The molecule has 1 N–H and O–H groups in total. The Morgan fingerprint density at radius 2 is 0.756 bits per heavy atom. The van der Waals surface area contributed by atoms with Crippen LogP contribution in [0.15, 0.2) is 0 Å². The summed E-state index contributed by atoms with van der Waals surface area (Å²) in [7, 11) is -1.46. The highest BCUT2D eigenvalue weighted by Crippen LogP contribution is 2.02. The molecule has 0 fully saturated rings. The van der Waals surface area contributed by atoms with Gasteiger partial charge >= 0.3 is 11.9 Å². The minimum atomic E-state index is -1.46. The zero-order valence-corrected chi connectivity index (χ0v) is 26.4. The van der Waals surface area contributed by atoms with Crippen molar-refractivity contribution in [3.8, 4) is 0 Å². The van der Waals surface area contributed by atoms with Gasteiger partial charge in [-0.1, -0.05) is 0 Å². The Morgan fingerprint density at radius 1 is 0.463 bits per heavy atom. The second kappa shape index (κ2) is 30.3. The van der Waals surface area contributed by atoms with Crippen LogP contribution >= 0.6 is 0 Å². The summed E-state index contributed by atoms with van der Waals surface area (Å²) in [6, 6.07) is 0. The summed E-state index contributed by atoms with van der Waals surface area (Å²) >= 11 is 0. The molecule has 0 saturated carbocycles. The van der Waals surface area contributed by atoms with Crippen molar-refractivity contribution in [1.29, 1.82) is 0 Å². The fourth-order valence-corrected chi connectivity index (χ4v) is 3.58. The predicted molar refractivity (Wildman–Crippen MR) is 153 cm³/mol. The predicted octanol–water partition coefficient (Wildman–Crippen LogP) is 2.16. The summed E-state index contributed by atoms with van der Waals surface area (Å²) in [5.74, 6) is -1.20. The van der Waals surface area contributed by atoms with Gasteiger partial charge in [-0.2, -0.15) is 0 Å². The molecule has 41 heavy (non-hydrogen) atoms. The van der Waals surface area contributed by atoms with Crippen molar-refractivity contribution in [2.75, 3.05) is 119 Å². The number of carboxylic acid groups (broad SMARTS) is 1. The molecule has 0 spiro atoms. The van der Waals surface area contributed by atoms with Crippen LogP contribution in [0.25, 0.3) is 0 Å². The molecule has 0 unspecified atom stereocenters. The third-order valence-corrected chi connectivity index (χ3v) is 5.95. The van der Waals surface area contributed by atoms with E-state index < -0.39 is 14.3 Å². The van der Waals surface area contributed by atoms with Gasteiger partial charge in [-0.3, -0.25) is 9.59 Å². The van der Waals surface area contributed by atoms with E-state index in [9.17, 15) is 9.59 Å². The van der Waals surface area contributed by atoms with Crippen molar-refractivity contribution in [1.82, 2.24) is 0 Å². The normalized spacial score (nSPS) is 11.7. The van der Waals surface area contributed by atoms with Gasteiger partial charge in [0.15, 0.2) is 8.32 Å². The third-order valence-electron chi connectivity index (χ3n) is 4.88. The Hall–Kier alpha value is -1.20. The van der Waals surface area contributed by atoms with Crippen molar-refractivity contribution in [2.45, 2.75) is 45.3 Å². The first-order valence-corrected chi connectivity index (χ1v) is 17.9. The Balaban J connectivity index is 3.12. The lowest BCUT2D eigenvalue weighted by Gasteiger charge is -2.16. The van der Waals surface area contributed by atoms with Crippen LogP contribution in [0.4, 0.5) is 0 Å². The van der Waals surface area contributed by atoms with Crippen LogP contribution < -0.4 is 0 Å². The average molecular weight is 615 g/mol. The topological polar surface area (TPSA) is 147 Å². The average Bonchev–Trinajstić information content (AvgIpc) is 2.92. The van der Waals surface area contributed by atoms with E-state index in [4.69, 9.17) is 52.2 Å². The number of carboxylic acids is 1. The number of carbonyl (C=O) groups is 2. The van der Waals surface area contributed by atoms with Crippen LogP contribution in [-0.4, -0.2) is 144 Å². The van der Waals surface area contributed by atoms with Crippen LogP contribution in [0.5, 0.6) is 0 Å². The van der Waals surface area contributed by atoms with Gasteiger partial charge < -0.3 is 52.2 Å². The standard InChI is InChI=1S/C27H54O13Si/c1-41(2,3)40-25-23-38-21-19-36-17-15-34-13-11-32-9-8-31-10-12-33-14-16-35-18-20-37-22-24-39-27(30)7-5-4-6-26(28)29/h4-25H2,1-3H3,(H,28,29). The molecule has 0 amide bonds. The van der Waals surface area contributed by atoms with Crippen LogP contribution in [0.3, 0.4) is 0 Å². The van der Waals surface area contributed by atoms with Crippen molar-refractivity contribution >= 4 is 20.3 Å². The van der Waals surface area contributed by atoms with Gasteiger partial charge in [0.1, 0.15) is 6.61 Å². The number of aliphatic carboxylic acids is 1. The number of hydrogen-bond acceptors (Lipinski definition) is 12. The van der Waals surface area contributed by atoms with E-state index in [1.54, 1.807) is 0 Å². The number of esters is 1. The van der Waals surface area contributed by atoms with Crippen LogP contribution in [0.2, 0.25) is 19.6 Å². The van der Waals surface area contributed by atoms with E-state index >= 15 is 0 Å². The maximum absolute atomic E-state index is 11.5. The van der Waals surface area contributed by atoms with Crippen molar-refractivity contribution in [2.24, 2.45) is 0 Å². The van der Waals surface area contributed by atoms with Crippen molar-refractivity contribution < 1.29 is 61.8 Å². The molecule has 0 aliphatic rings. The molecule has 244 valence electrons. The Morgan fingerprint density at radius 3 is 1.07 bits per heavy atom. The first kappa shape index (κ1) is 39.8. The summed E-state index contributed by atoms with van der Waals surface area (Å²) < 4.78 is 54.1. The zero-order valence-electron chi connectivity index (χ0n) is 25.4. The molecule has 0 atom stereocenters. The van der Waals surface area contributed by atoms with E-state index in [0.717, 1.165) is 0 Å². The van der Waals surface area contributed by atoms with Crippen molar-refractivity contribution in [3.05, 3.63) is 0 Å². The van der Waals surface area contributed by atoms with Crippen molar-refractivity contribution in [3.63, 3.8) is 0 Å². The lowest BCUT2D eigenvalue weighted by Crippen LogP contribution is -2.27. The fourth-order valence-electron chi connectivity index (χ4n) is 2.88. The molecule has 0 aromatic rings. The quantitative estimate of drug-likeness (QED) is 0.0655. The Bertz CT molecular complexity index is 590. The third kappa shape index (κ3) is 36.8. The fraction of sp³-hybridized carbons (Fsp3) is 0.926. The lowest BCUT2D eigenvalue weighted by molar-refractivity contribution is -0.146. The molecule has 0 aromatic heterocycles. The van der Waals surface area contributed by atoms with Crippen LogP contribution in [-0.2, 0) is 56.6 Å². The summed E-state index contributed by atoms with van der Waals surface area (Å²) in [6.07, 6.45) is 1.25. The minimum absolute atomic E-state index is 0.0632. The van der Waals surface area contributed by atoms with Gasteiger partial charge in [0.25, 0.3) is 0 Å². The van der Waals surface area contributed by atoms with E-state index in [0.29, 0.717) is 119 Å². The molecule has 0 aliphatic carbocycles. The van der Waals surface area contributed by atoms with E-state index in [1.807, 2.05) is 0 Å². The number of hydrogen-bond donors (Lipinski definition) is 1. The van der Waals surface area contributed by atoms with Crippen LogP contribution in [0.1, 0.15) is 25.7 Å². The maximum Gasteiger partial charge on any atom is 0.305 e. The molecule has 0 rings (SSSR count). The SMILES string of the molecule is C[Si](C)(C)OCCOCCOCCOCCOCCOCCOCCOCCOCCOC(=O)CCCCC(=O)O. The van der Waals surface area contributed by atoms with Gasteiger partial charge in [0.05, 0.1) is 112 Å².